The maximum Gasteiger partial charge on any atom is 0.255 e. The summed E-state index contributed by atoms with van der Waals surface area (Å²) in [6.07, 6.45) is 0. The molecule has 2 aromatic carbocycles. The number of nitrogen functional groups attached to an aromatic ring is 1. The van der Waals surface area contributed by atoms with Gasteiger partial charge in [0.1, 0.15) is 5.75 Å². The molecule has 0 spiro atoms. The lowest BCUT2D eigenvalue weighted by atomic mass is 10.2. The van der Waals surface area contributed by atoms with Gasteiger partial charge < -0.3 is 15.8 Å². The van der Waals surface area contributed by atoms with Gasteiger partial charge in [-0.05, 0) is 65.1 Å². The summed E-state index contributed by atoms with van der Waals surface area (Å²) in [4.78, 5) is 12.1. The van der Waals surface area contributed by atoms with E-state index in [-0.39, 0.29) is 5.91 Å². The van der Waals surface area contributed by atoms with Crippen molar-refractivity contribution in [3.8, 4) is 5.75 Å². The van der Waals surface area contributed by atoms with Crippen LogP contribution in [0.3, 0.4) is 0 Å². The molecule has 3 N–H and O–H groups in total. The molecule has 0 saturated carbocycles. The highest BCUT2D eigenvalue weighted by atomic mass is 127. The lowest BCUT2D eigenvalue weighted by molar-refractivity contribution is 0.102. The Bertz CT molecular complexity index is 597. The van der Waals surface area contributed by atoms with Gasteiger partial charge in [-0.15, -0.1) is 0 Å². The fourth-order valence-electron chi connectivity index (χ4n) is 1.62. The van der Waals surface area contributed by atoms with Crippen LogP contribution >= 0.6 is 22.6 Å². The number of benzene rings is 2. The van der Waals surface area contributed by atoms with Crippen LogP contribution in [0, 0.1) is 3.57 Å². The maximum absolute atomic E-state index is 12.1. The molecule has 19 heavy (non-hydrogen) atoms. The van der Waals surface area contributed by atoms with Crippen molar-refractivity contribution in [1.82, 2.24) is 0 Å². The molecule has 0 bridgehead atoms. The highest BCUT2D eigenvalue weighted by molar-refractivity contribution is 14.1. The van der Waals surface area contributed by atoms with Crippen molar-refractivity contribution < 1.29 is 9.53 Å². The van der Waals surface area contributed by atoms with Crippen LogP contribution in [-0.2, 0) is 0 Å². The molecule has 4 nitrogen and oxygen atoms in total. The molecule has 0 unspecified atom stereocenters. The fourth-order valence-corrected chi connectivity index (χ4v) is 1.98. The van der Waals surface area contributed by atoms with Gasteiger partial charge >= 0.3 is 0 Å². The summed E-state index contributed by atoms with van der Waals surface area (Å²) in [5.74, 6) is 0.383. The van der Waals surface area contributed by atoms with Crippen molar-refractivity contribution in [2.45, 2.75) is 0 Å². The lowest BCUT2D eigenvalue weighted by Crippen LogP contribution is -2.12. The number of carbonyl (C=O) groups excluding carboxylic acids is 1. The molecule has 5 heteroatoms. The van der Waals surface area contributed by atoms with Gasteiger partial charge in [0.15, 0.2) is 0 Å². The molecule has 2 rings (SSSR count). The standard InChI is InChI=1S/C14H13IN2O2/c1-19-13-7-6-11(16)8-12(13)17-14(18)9-2-4-10(15)5-3-9/h2-8H,16H2,1H3,(H,17,18). The Morgan fingerprint density at radius 3 is 2.53 bits per heavy atom. The summed E-state index contributed by atoms with van der Waals surface area (Å²) in [6, 6.07) is 12.4. The van der Waals surface area contributed by atoms with E-state index >= 15 is 0 Å². The molecule has 0 fully saturated rings. The zero-order valence-electron chi connectivity index (χ0n) is 10.3. The smallest absolute Gasteiger partial charge is 0.255 e. The number of methoxy groups -OCH3 is 1. The number of nitrogens with one attached hydrogen (secondary N) is 1. The minimum Gasteiger partial charge on any atom is -0.495 e. The van der Waals surface area contributed by atoms with Crippen LogP contribution in [0.25, 0.3) is 0 Å². The van der Waals surface area contributed by atoms with Crippen LogP contribution in [0.15, 0.2) is 42.5 Å². The molecule has 0 aromatic heterocycles. The first kappa shape index (κ1) is 13.7. The van der Waals surface area contributed by atoms with Crippen LogP contribution in [0.2, 0.25) is 0 Å². The Hall–Kier alpha value is -1.76. The van der Waals surface area contributed by atoms with Crippen LogP contribution in [-0.4, -0.2) is 13.0 Å². The molecule has 98 valence electrons. The first-order chi connectivity index (χ1) is 9.10. The van der Waals surface area contributed by atoms with Crippen LogP contribution < -0.4 is 15.8 Å². The molecular weight excluding hydrogens is 355 g/mol. The number of rotatable bonds is 3. The summed E-state index contributed by atoms with van der Waals surface area (Å²) < 4.78 is 6.26. The van der Waals surface area contributed by atoms with E-state index in [1.165, 1.54) is 0 Å². The third-order valence-corrected chi connectivity index (χ3v) is 3.30. The molecule has 0 saturated heterocycles. The largest absolute Gasteiger partial charge is 0.495 e. The van der Waals surface area contributed by atoms with Crippen molar-refractivity contribution in [3.05, 3.63) is 51.6 Å². The second kappa shape index (κ2) is 5.92. The maximum atomic E-state index is 12.1. The van der Waals surface area contributed by atoms with E-state index < -0.39 is 0 Å². The Labute approximate surface area is 125 Å². The number of hydrogen-bond donors (Lipinski definition) is 2. The summed E-state index contributed by atoms with van der Waals surface area (Å²) in [5.41, 5.74) is 7.43. The molecule has 0 heterocycles. The summed E-state index contributed by atoms with van der Waals surface area (Å²) in [7, 11) is 1.55. The van der Waals surface area contributed by atoms with Gasteiger partial charge in [-0.3, -0.25) is 4.79 Å². The molecule has 0 aliphatic heterocycles. The predicted octanol–water partition coefficient (Wildman–Crippen LogP) is 3.13. The second-order valence-electron chi connectivity index (χ2n) is 3.92. The molecule has 0 aliphatic carbocycles. The number of halogens is 1. The molecule has 2 aromatic rings. The molecule has 0 radical (unpaired) electrons. The average molecular weight is 368 g/mol. The first-order valence-electron chi connectivity index (χ1n) is 5.60. The van der Waals surface area contributed by atoms with Crippen LogP contribution in [0.1, 0.15) is 10.4 Å². The molecule has 1 amide bonds. The third-order valence-electron chi connectivity index (χ3n) is 2.58. The van der Waals surface area contributed by atoms with Crippen molar-refractivity contribution in [2.75, 3.05) is 18.2 Å². The monoisotopic (exact) mass is 368 g/mol. The van der Waals surface area contributed by atoms with Crippen LogP contribution in [0.4, 0.5) is 11.4 Å². The number of hydrogen-bond acceptors (Lipinski definition) is 3. The van der Waals surface area contributed by atoms with E-state index in [1.807, 2.05) is 12.1 Å². The number of carbonyl (C=O) groups is 1. The van der Waals surface area contributed by atoms with Crippen molar-refractivity contribution in [2.24, 2.45) is 0 Å². The summed E-state index contributed by atoms with van der Waals surface area (Å²) >= 11 is 2.19. The first-order valence-corrected chi connectivity index (χ1v) is 6.68. The van der Waals surface area contributed by atoms with Gasteiger partial charge in [0, 0.05) is 14.8 Å². The van der Waals surface area contributed by atoms with Gasteiger partial charge in [-0.1, -0.05) is 0 Å². The lowest BCUT2D eigenvalue weighted by Gasteiger charge is -2.11. The minimum atomic E-state index is -0.194. The van der Waals surface area contributed by atoms with E-state index in [9.17, 15) is 4.79 Å². The number of nitrogens with two attached hydrogens (primary N) is 1. The van der Waals surface area contributed by atoms with E-state index in [0.29, 0.717) is 22.7 Å². The average Bonchev–Trinajstić information content (AvgIpc) is 2.39. The van der Waals surface area contributed by atoms with Gasteiger partial charge in [0.05, 0.1) is 12.8 Å². The zero-order valence-corrected chi connectivity index (χ0v) is 12.5. The zero-order chi connectivity index (χ0) is 13.8. The molecular formula is C14H13IN2O2. The van der Waals surface area contributed by atoms with Crippen molar-refractivity contribution >= 4 is 39.9 Å². The van der Waals surface area contributed by atoms with E-state index in [1.54, 1.807) is 37.4 Å². The number of ether oxygens (including phenoxy) is 1. The fraction of sp³-hybridized carbons (Fsp3) is 0.0714. The number of amides is 1. The van der Waals surface area contributed by atoms with Gasteiger partial charge in [0.25, 0.3) is 5.91 Å². The minimum absolute atomic E-state index is 0.194. The van der Waals surface area contributed by atoms with Crippen LogP contribution in [0.5, 0.6) is 5.75 Å². The highest BCUT2D eigenvalue weighted by Crippen LogP contribution is 2.27. The quantitative estimate of drug-likeness (QED) is 0.646. The van der Waals surface area contributed by atoms with Crippen molar-refractivity contribution in [1.29, 1.82) is 0 Å². The van der Waals surface area contributed by atoms with E-state index in [4.69, 9.17) is 10.5 Å². The van der Waals surface area contributed by atoms with Crippen molar-refractivity contribution in [3.63, 3.8) is 0 Å². The Kier molecular flexibility index (Phi) is 4.26. The topological polar surface area (TPSA) is 64.3 Å². The highest BCUT2D eigenvalue weighted by Gasteiger charge is 2.09. The van der Waals surface area contributed by atoms with Gasteiger partial charge in [0.2, 0.25) is 0 Å². The van der Waals surface area contributed by atoms with E-state index in [0.717, 1.165) is 3.57 Å². The van der Waals surface area contributed by atoms with E-state index in [2.05, 4.69) is 27.9 Å². The normalized spacial score (nSPS) is 10.0. The Morgan fingerprint density at radius 2 is 1.89 bits per heavy atom. The van der Waals surface area contributed by atoms with Gasteiger partial charge in [-0.2, -0.15) is 0 Å². The Balaban J connectivity index is 2.23. The molecule has 0 atom stereocenters. The summed E-state index contributed by atoms with van der Waals surface area (Å²) in [5, 5.41) is 2.79. The third kappa shape index (κ3) is 3.37. The second-order valence-corrected chi connectivity index (χ2v) is 5.17. The number of anilines is 2. The SMILES string of the molecule is COc1ccc(N)cc1NC(=O)c1ccc(I)cc1. The predicted molar refractivity (Wildman–Crippen MR) is 84.5 cm³/mol. The Morgan fingerprint density at radius 1 is 1.21 bits per heavy atom. The summed E-state index contributed by atoms with van der Waals surface area (Å²) in [6.45, 7) is 0. The van der Waals surface area contributed by atoms with Gasteiger partial charge in [-0.25, -0.2) is 0 Å². The molecule has 0 aliphatic rings.